The molecule has 0 saturated carbocycles. The van der Waals surface area contributed by atoms with Gasteiger partial charge >= 0.3 is 5.97 Å². The molecule has 2 aromatic carbocycles. The first-order chi connectivity index (χ1) is 15.1. The van der Waals surface area contributed by atoms with Crippen molar-refractivity contribution in [1.29, 1.82) is 0 Å². The molecule has 32 heavy (non-hydrogen) atoms. The topological polar surface area (TPSA) is 66.2 Å². The third-order valence-electron chi connectivity index (χ3n) is 4.83. The van der Waals surface area contributed by atoms with E-state index in [1.807, 2.05) is 29.8 Å². The van der Waals surface area contributed by atoms with Crippen molar-refractivity contribution in [3.05, 3.63) is 63.1 Å². The van der Waals surface area contributed by atoms with Crippen LogP contribution in [0.4, 0.5) is 0 Å². The van der Waals surface area contributed by atoms with Gasteiger partial charge in [0.1, 0.15) is 11.1 Å². The van der Waals surface area contributed by atoms with Crippen molar-refractivity contribution in [3.63, 3.8) is 0 Å². The molecule has 170 valence electrons. The summed E-state index contributed by atoms with van der Waals surface area (Å²) in [6.45, 7) is 12.7. The second-order valence-corrected chi connectivity index (χ2v) is 9.32. The zero-order chi connectivity index (χ0) is 23.5. The second kappa shape index (κ2) is 10.0. The maximum atomic E-state index is 12.3. The molecule has 0 N–H and O–H groups in total. The number of hydrogen-bond donors (Lipinski definition) is 0. The number of halogens is 2. The van der Waals surface area contributed by atoms with Gasteiger partial charge in [-0.2, -0.15) is 0 Å². The van der Waals surface area contributed by atoms with Crippen molar-refractivity contribution in [2.45, 2.75) is 52.9 Å². The van der Waals surface area contributed by atoms with E-state index in [1.54, 1.807) is 32.9 Å². The molecule has 0 spiro atoms. The lowest BCUT2D eigenvalue weighted by atomic mass is 10.1. The highest BCUT2D eigenvalue weighted by atomic mass is 35.5. The number of fused-ring (bicyclic) bond motifs is 1. The zero-order valence-corrected chi connectivity index (χ0v) is 20.3. The lowest BCUT2D eigenvalue weighted by Crippen LogP contribution is -2.24. The molecule has 3 rings (SSSR count). The molecule has 6 nitrogen and oxygen atoms in total. The van der Waals surface area contributed by atoms with E-state index in [0.717, 1.165) is 34.1 Å². The number of benzene rings is 2. The molecule has 0 unspecified atom stereocenters. The zero-order valence-electron chi connectivity index (χ0n) is 18.7. The minimum absolute atomic E-state index is 0.167. The van der Waals surface area contributed by atoms with Crippen LogP contribution in [0.15, 0.2) is 30.8 Å². The van der Waals surface area contributed by atoms with Crippen molar-refractivity contribution in [2.24, 2.45) is 0 Å². The fraction of sp³-hybridized carbons (Fsp3) is 0.375. The summed E-state index contributed by atoms with van der Waals surface area (Å²) < 4.78 is 13.0. The van der Waals surface area contributed by atoms with Crippen LogP contribution in [0.25, 0.3) is 17.1 Å². The third kappa shape index (κ3) is 5.68. The first kappa shape index (κ1) is 24.2. The molecule has 0 aliphatic carbocycles. The summed E-state index contributed by atoms with van der Waals surface area (Å²) in [5.41, 5.74) is 4.33. The molecule has 0 radical (unpaired) electrons. The Bertz CT molecular complexity index is 1130. The number of carbonyl (C=O) groups excluding carboxylic acids is 1. The van der Waals surface area contributed by atoms with Gasteiger partial charge in [0.15, 0.2) is 0 Å². The fourth-order valence-corrected chi connectivity index (χ4v) is 4.00. The van der Waals surface area contributed by atoms with E-state index in [4.69, 9.17) is 32.7 Å². The Balaban J connectivity index is 1.55. The summed E-state index contributed by atoms with van der Waals surface area (Å²) in [5.74, 6) is -0.546. The van der Waals surface area contributed by atoms with Crippen LogP contribution < -0.4 is 0 Å². The first-order valence-corrected chi connectivity index (χ1v) is 11.1. The lowest BCUT2D eigenvalue weighted by molar-refractivity contribution is 0.00698. The number of carbonyl (C=O) groups is 1. The maximum absolute atomic E-state index is 12.3. The molecule has 0 bridgehead atoms. The number of ether oxygens (including phenoxy) is 2. The monoisotopic (exact) mass is 475 g/mol. The summed E-state index contributed by atoms with van der Waals surface area (Å²) in [6, 6.07) is 7.39. The van der Waals surface area contributed by atoms with E-state index >= 15 is 0 Å². The molecule has 0 saturated heterocycles. The Morgan fingerprint density at radius 2 is 1.91 bits per heavy atom. The highest BCUT2D eigenvalue weighted by molar-refractivity contribution is 6.39. The smallest absolute Gasteiger partial charge is 0.341 e. The summed E-state index contributed by atoms with van der Waals surface area (Å²) >= 11 is 12.6. The summed E-state index contributed by atoms with van der Waals surface area (Å²) in [6.07, 6.45) is 2.58. The molecule has 1 heterocycles. The van der Waals surface area contributed by atoms with Gasteiger partial charge < -0.3 is 9.47 Å². The standard InChI is InChI=1S/C24H27Cl2N3O3/c1-6-17-8-9-20-22(15(17)2)27-28-29(20)10-7-11-31-14-16-12-18(25)21(19(26)13-16)23(30)32-24(3,4)5/h6,8-9,12-13H,1,7,10-11,14H2,2-5H3. The van der Waals surface area contributed by atoms with E-state index < -0.39 is 11.6 Å². The quantitative estimate of drug-likeness (QED) is 0.284. The molecule has 0 aliphatic heterocycles. The molecular formula is C24H27Cl2N3O3. The van der Waals surface area contributed by atoms with E-state index in [1.165, 1.54) is 0 Å². The predicted molar refractivity (Wildman–Crippen MR) is 128 cm³/mol. The number of rotatable bonds is 8. The molecule has 0 fully saturated rings. The van der Waals surface area contributed by atoms with Gasteiger partial charge in [-0.1, -0.05) is 47.1 Å². The van der Waals surface area contributed by atoms with Gasteiger partial charge in [-0.05, 0) is 69.0 Å². The number of esters is 1. The van der Waals surface area contributed by atoms with Crippen molar-refractivity contribution in [3.8, 4) is 0 Å². The summed E-state index contributed by atoms with van der Waals surface area (Å²) in [5, 5.41) is 9.04. The Kier molecular flexibility index (Phi) is 7.59. The minimum atomic E-state index is -0.631. The number of aromatic nitrogens is 3. The second-order valence-electron chi connectivity index (χ2n) is 8.51. The van der Waals surface area contributed by atoms with Crippen LogP contribution in [-0.2, 0) is 22.6 Å². The van der Waals surface area contributed by atoms with Crippen LogP contribution in [-0.4, -0.2) is 33.2 Å². The van der Waals surface area contributed by atoms with Crippen LogP contribution >= 0.6 is 23.2 Å². The van der Waals surface area contributed by atoms with Crippen LogP contribution in [0.3, 0.4) is 0 Å². The predicted octanol–water partition coefficient (Wildman–Crippen LogP) is 6.25. The van der Waals surface area contributed by atoms with Crippen molar-refractivity contribution < 1.29 is 14.3 Å². The average molecular weight is 476 g/mol. The largest absolute Gasteiger partial charge is 0.456 e. The van der Waals surface area contributed by atoms with Crippen LogP contribution in [0, 0.1) is 6.92 Å². The molecule has 8 heteroatoms. The molecule has 0 amide bonds. The lowest BCUT2D eigenvalue weighted by Gasteiger charge is -2.20. The van der Waals surface area contributed by atoms with E-state index in [2.05, 4.69) is 16.9 Å². The van der Waals surface area contributed by atoms with Gasteiger partial charge in [0.25, 0.3) is 0 Å². The van der Waals surface area contributed by atoms with Gasteiger partial charge in [0.2, 0.25) is 0 Å². The fourth-order valence-electron chi connectivity index (χ4n) is 3.31. The van der Waals surface area contributed by atoms with Crippen molar-refractivity contribution in [1.82, 2.24) is 15.0 Å². The van der Waals surface area contributed by atoms with E-state index in [-0.39, 0.29) is 15.6 Å². The minimum Gasteiger partial charge on any atom is -0.456 e. The van der Waals surface area contributed by atoms with Gasteiger partial charge in [-0.3, -0.25) is 0 Å². The van der Waals surface area contributed by atoms with Gasteiger partial charge in [0, 0.05) is 13.2 Å². The van der Waals surface area contributed by atoms with Crippen molar-refractivity contribution in [2.75, 3.05) is 6.61 Å². The summed E-state index contributed by atoms with van der Waals surface area (Å²) in [7, 11) is 0. The Hall–Kier alpha value is -2.41. The maximum Gasteiger partial charge on any atom is 0.341 e. The molecule has 3 aromatic rings. The van der Waals surface area contributed by atoms with Crippen LogP contribution in [0.1, 0.15) is 54.2 Å². The van der Waals surface area contributed by atoms with Crippen LogP contribution in [0.5, 0.6) is 0 Å². The molecular weight excluding hydrogens is 449 g/mol. The SMILES string of the molecule is C=Cc1ccc2c(nnn2CCCOCc2cc(Cl)c(C(=O)OC(C)(C)C)c(Cl)c2)c1C. The molecule has 0 atom stereocenters. The highest BCUT2D eigenvalue weighted by Gasteiger charge is 2.23. The third-order valence-corrected chi connectivity index (χ3v) is 5.43. The van der Waals surface area contributed by atoms with Gasteiger partial charge in [-0.15, -0.1) is 5.10 Å². The van der Waals surface area contributed by atoms with E-state index in [9.17, 15) is 4.79 Å². The number of hydrogen-bond acceptors (Lipinski definition) is 5. The summed E-state index contributed by atoms with van der Waals surface area (Å²) in [4.78, 5) is 12.3. The highest BCUT2D eigenvalue weighted by Crippen LogP contribution is 2.29. The van der Waals surface area contributed by atoms with Crippen LogP contribution in [0.2, 0.25) is 10.0 Å². The van der Waals surface area contributed by atoms with Gasteiger partial charge in [0.05, 0.1) is 27.7 Å². The average Bonchev–Trinajstić information content (AvgIpc) is 3.10. The first-order valence-electron chi connectivity index (χ1n) is 10.3. The van der Waals surface area contributed by atoms with Crippen molar-refractivity contribution >= 4 is 46.3 Å². The normalized spacial score (nSPS) is 11.7. The Morgan fingerprint density at radius 1 is 1.22 bits per heavy atom. The number of nitrogens with zero attached hydrogens (tertiary/aromatic N) is 3. The van der Waals surface area contributed by atoms with E-state index in [0.29, 0.717) is 19.8 Å². The molecule has 1 aromatic heterocycles. The molecule has 0 aliphatic rings. The Morgan fingerprint density at radius 3 is 2.53 bits per heavy atom. The number of aryl methyl sites for hydroxylation is 2. The van der Waals surface area contributed by atoms with Gasteiger partial charge in [-0.25, -0.2) is 9.48 Å². The Labute approximate surface area is 198 Å².